The molecule has 4 rings (SSSR count). The van der Waals surface area contributed by atoms with E-state index in [1.807, 2.05) is 66.7 Å². The summed E-state index contributed by atoms with van der Waals surface area (Å²) in [5.74, 6) is 0.843. The Morgan fingerprint density at radius 2 is 1.49 bits per heavy atom. The molecule has 0 saturated heterocycles. The number of nitrogens with zero attached hydrogens (tertiary/aromatic N) is 1. The van der Waals surface area contributed by atoms with Gasteiger partial charge in [-0.3, -0.25) is 0 Å². The number of esters is 1. The van der Waals surface area contributed by atoms with Crippen LogP contribution in [0.2, 0.25) is 0 Å². The van der Waals surface area contributed by atoms with Crippen molar-refractivity contribution in [1.82, 2.24) is 0 Å². The molecule has 0 bridgehead atoms. The third-order valence-electron chi connectivity index (χ3n) is 7.19. The number of hydrogen-bond donors (Lipinski definition) is 0. The predicted octanol–water partition coefficient (Wildman–Crippen LogP) is 8.25. The summed E-state index contributed by atoms with van der Waals surface area (Å²) in [4.78, 5) is 11.9. The number of unbranched alkanes of at least 4 members (excludes halogenated alkanes) is 1. The fraction of sp³-hybridized carbons (Fsp3) is 0.243. The Balaban J connectivity index is 1.41. The van der Waals surface area contributed by atoms with Gasteiger partial charge in [0.25, 0.3) is 0 Å². The lowest BCUT2D eigenvalue weighted by Gasteiger charge is -2.15. The van der Waals surface area contributed by atoms with Crippen molar-refractivity contribution in [3.8, 4) is 11.8 Å². The third kappa shape index (κ3) is 9.51. The molecule has 4 aromatic rings. The van der Waals surface area contributed by atoms with E-state index >= 15 is 0 Å². The van der Waals surface area contributed by atoms with Crippen molar-refractivity contribution < 1.29 is 14.3 Å². The first-order valence-electron chi connectivity index (χ1n) is 14.2. The van der Waals surface area contributed by atoms with Gasteiger partial charge in [0.05, 0.1) is 30.9 Å². The largest absolute Gasteiger partial charge is 0.493 e. The maximum Gasteiger partial charge on any atom is 0.337 e. The smallest absolute Gasteiger partial charge is 0.337 e. The number of ether oxygens (including phenoxy) is 2. The topological polar surface area (TPSA) is 59.3 Å². The molecule has 4 heteroatoms. The molecule has 0 radical (unpaired) electrons. The van der Waals surface area contributed by atoms with Gasteiger partial charge in [0.15, 0.2) is 0 Å². The molecule has 0 spiro atoms. The number of rotatable bonds is 14. The van der Waals surface area contributed by atoms with Crippen LogP contribution in [-0.2, 0) is 24.0 Å². The van der Waals surface area contributed by atoms with Crippen molar-refractivity contribution in [2.45, 2.75) is 38.5 Å². The van der Waals surface area contributed by atoms with Gasteiger partial charge in [-0.25, -0.2) is 4.79 Å². The number of benzene rings is 4. The van der Waals surface area contributed by atoms with Gasteiger partial charge < -0.3 is 9.47 Å². The van der Waals surface area contributed by atoms with Crippen molar-refractivity contribution in [2.24, 2.45) is 5.92 Å². The molecule has 0 aliphatic carbocycles. The van der Waals surface area contributed by atoms with Gasteiger partial charge in [0.1, 0.15) is 5.75 Å². The lowest BCUT2D eigenvalue weighted by Crippen LogP contribution is -2.05. The molecule has 0 aliphatic rings. The Kier molecular flexibility index (Phi) is 11.3. The normalized spacial score (nSPS) is 11.6. The zero-order valence-corrected chi connectivity index (χ0v) is 23.7. The Morgan fingerprint density at radius 3 is 2.22 bits per heavy atom. The number of hydrogen-bond acceptors (Lipinski definition) is 4. The van der Waals surface area contributed by atoms with Gasteiger partial charge in [-0.15, -0.1) is 0 Å². The standard InChI is InChI=1S/C37H37NO3/c1-40-37(39)35-24-21-32(22-25-35)27-31(17-14-30-15-18-33(28-38)19-16-30)20-23-34-12-5-6-13-36(34)41-26-8-7-11-29-9-3-2-4-10-29/h2-6,9-10,12-13,15-16,18-25,31H,7-8,11,14,17,26-27H2,1H3. The monoisotopic (exact) mass is 543 g/mol. The van der Waals surface area contributed by atoms with Crippen LogP contribution >= 0.6 is 0 Å². The molecule has 4 aromatic carbocycles. The highest BCUT2D eigenvalue weighted by Crippen LogP contribution is 2.24. The van der Waals surface area contributed by atoms with Crippen molar-refractivity contribution >= 4 is 12.0 Å². The van der Waals surface area contributed by atoms with Gasteiger partial charge in [-0.2, -0.15) is 5.26 Å². The number of aryl methyl sites for hydroxylation is 2. The number of carbonyl (C=O) groups is 1. The molecule has 1 unspecified atom stereocenters. The van der Waals surface area contributed by atoms with E-state index in [2.05, 4.69) is 54.6 Å². The maximum atomic E-state index is 11.9. The Morgan fingerprint density at radius 1 is 0.805 bits per heavy atom. The highest BCUT2D eigenvalue weighted by molar-refractivity contribution is 5.89. The minimum atomic E-state index is -0.328. The molecule has 0 fully saturated rings. The highest BCUT2D eigenvalue weighted by Gasteiger charge is 2.11. The second-order valence-corrected chi connectivity index (χ2v) is 10.2. The molecule has 208 valence electrons. The fourth-order valence-electron chi connectivity index (χ4n) is 4.81. The molecule has 1 atom stereocenters. The Labute approximate surface area is 243 Å². The molecule has 0 aliphatic heterocycles. The summed E-state index contributed by atoms with van der Waals surface area (Å²) in [6, 6.07) is 36.4. The average Bonchev–Trinajstić information content (AvgIpc) is 3.03. The van der Waals surface area contributed by atoms with Gasteiger partial charge in [0, 0.05) is 5.56 Å². The second-order valence-electron chi connectivity index (χ2n) is 10.2. The number of carbonyl (C=O) groups excluding carboxylic acids is 1. The Bertz CT molecular complexity index is 1430. The van der Waals surface area contributed by atoms with E-state index in [1.165, 1.54) is 18.2 Å². The summed E-state index contributed by atoms with van der Waals surface area (Å²) >= 11 is 0. The fourth-order valence-corrected chi connectivity index (χ4v) is 4.81. The van der Waals surface area contributed by atoms with Crippen LogP contribution in [0.4, 0.5) is 0 Å². The number of nitriles is 1. The molecule has 0 saturated carbocycles. The number of para-hydroxylation sites is 1. The average molecular weight is 544 g/mol. The number of allylic oxidation sites excluding steroid dienone is 1. The van der Waals surface area contributed by atoms with E-state index < -0.39 is 0 Å². The van der Waals surface area contributed by atoms with Crippen molar-refractivity contribution in [2.75, 3.05) is 13.7 Å². The SMILES string of the molecule is COC(=O)c1ccc(CC(C=Cc2ccccc2OCCCCc2ccccc2)CCc2ccc(C#N)cc2)cc1. The van der Waals surface area contributed by atoms with Gasteiger partial charge in [-0.1, -0.05) is 84.9 Å². The van der Waals surface area contributed by atoms with Crippen LogP contribution < -0.4 is 4.74 Å². The van der Waals surface area contributed by atoms with E-state index in [0.717, 1.165) is 55.4 Å². The lowest BCUT2D eigenvalue weighted by atomic mass is 9.91. The van der Waals surface area contributed by atoms with Crippen LogP contribution in [0.5, 0.6) is 5.75 Å². The molecule has 0 heterocycles. The second kappa shape index (κ2) is 15.8. The van der Waals surface area contributed by atoms with E-state index in [0.29, 0.717) is 17.7 Å². The first kappa shape index (κ1) is 29.4. The molecule has 0 amide bonds. The molecular formula is C37H37NO3. The van der Waals surface area contributed by atoms with E-state index in [1.54, 1.807) is 0 Å². The lowest BCUT2D eigenvalue weighted by molar-refractivity contribution is 0.0600. The first-order chi connectivity index (χ1) is 20.1. The summed E-state index contributed by atoms with van der Waals surface area (Å²) in [5.41, 5.74) is 6.03. The van der Waals surface area contributed by atoms with Gasteiger partial charge >= 0.3 is 5.97 Å². The van der Waals surface area contributed by atoms with Crippen LogP contribution in [0.1, 0.15) is 57.4 Å². The summed E-state index contributed by atoms with van der Waals surface area (Å²) in [6.07, 6.45) is 10.3. The van der Waals surface area contributed by atoms with Crippen molar-refractivity contribution in [3.63, 3.8) is 0 Å². The van der Waals surface area contributed by atoms with E-state index in [-0.39, 0.29) is 11.9 Å². The highest BCUT2D eigenvalue weighted by atomic mass is 16.5. The zero-order chi connectivity index (χ0) is 28.7. The quantitative estimate of drug-likeness (QED) is 0.119. The summed E-state index contributed by atoms with van der Waals surface area (Å²) in [7, 11) is 1.40. The van der Waals surface area contributed by atoms with Crippen molar-refractivity contribution in [1.29, 1.82) is 5.26 Å². The molecule has 41 heavy (non-hydrogen) atoms. The minimum absolute atomic E-state index is 0.272. The van der Waals surface area contributed by atoms with Crippen LogP contribution in [-0.4, -0.2) is 19.7 Å². The zero-order valence-electron chi connectivity index (χ0n) is 23.7. The van der Waals surface area contributed by atoms with Crippen LogP contribution in [0, 0.1) is 17.2 Å². The minimum Gasteiger partial charge on any atom is -0.493 e. The van der Waals surface area contributed by atoms with Gasteiger partial charge in [-0.05, 0) is 91.5 Å². The molecule has 0 aromatic heterocycles. The van der Waals surface area contributed by atoms with E-state index in [9.17, 15) is 4.79 Å². The number of methoxy groups -OCH3 is 1. The summed E-state index contributed by atoms with van der Waals surface area (Å²) in [6.45, 7) is 0.687. The van der Waals surface area contributed by atoms with Crippen LogP contribution in [0.25, 0.3) is 6.08 Å². The summed E-state index contributed by atoms with van der Waals surface area (Å²) < 4.78 is 11.0. The van der Waals surface area contributed by atoms with Gasteiger partial charge in [0.2, 0.25) is 0 Å². The molecular weight excluding hydrogens is 506 g/mol. The Hall–Kier alpha value is -4.62. The van der Waals surface area contributed by atoms with Crippen LogP contribution in [0.3, 0.4) is 0 Å². The van der Waals surface area contributed by atoms with E-state index in [4.69, 9.17) is 14.7 Å². The first-order valence-corrected chi connectivity index (χ1v) is 14.2. The summed E-state index contributed by atoms with van der Waals surface area (Å²) in [5, 5.41) is 9.11. The predicted molar refractivity (Wildman–Crippen MR) is 165 cm³/mol. The third-order valence-corrected chi connectivity index (χ3v) is 7.19. The van der Waals surface area contributed by atoms with Crippen molar-refractivity contribution in [3.05, 3.63) is 143 Å². The van der Waals surface area contributed by atoms with Crippen LogP contribution in [0.15, 0.2) is 109 Å². The molecule has 0 N–H and O–H groups in total. The maximum absolute atomic E-state index is 11.9. The molecule has 4 nitrogen and oxygen atoms in total.